The molecule has 0 aliphatic rings. The van der Waals surface area contributed by atoms with Gasteiger partial charge in [0.15, 0.2) is 0 Å². The fraction of sp³-hybridized carbons (Fsp3) is 0.500. The van der Waals surface area contributed by atoms with Gasteiger partial charge in [-0.2, -0.15) is 0 Å². The normalized spacial score (nSPS) is 12.9. The minimum Gasteiger partial charge on any atom is -0.411 e. The van der Waals surface area contributed by atoms with E-state index in [0.29, 0.717) is 12.3 Å². The van der Waals surface area contributed by atoms with E-state index < -0.39 is 0 Å². The molecule has 0 heterocycles. The molecule has 0 rings (SSSR count). The maximum absolute atomic E-state index is 7.96. The van der Waals surface area contributed by atoms with Crippen LogP contribution in [0.3, 0.4) is 0 Å². The Kier molecular flexibility index (Phi) is 5.32. The summed E-state index contributed by atoms with van der Waals surface area (Å²) in [7, 11) is 0. The third-order valence-corrected chi connectivity index (χ3v) is 1.29. The Morgan fingerprint density at radius 3 is 2.89 bits per heavy atom. The van der Waals surface area contributed by atoms with E-state index >= 15 is 0 Å². The molecule has 0 aliphatic heterocycles. The Labute approximate surface area is 59.8 Å². The van der Waals surface area contributed by atoms with Crippen molar-refractivity contribution < 1.29 is 5.21 Å². The molecule has 52 valence electrons. The van der Waals surface area contributed by atoms with E-state index in [1.807, 2.05) is 13.0 Å². The van der Waals surface area contributed by atoms with Crippen LogP contribution in [0.5, 0.6) is 0 Å². The van der Waals surface area contributed by atoms with Crippen molar-refractivity contribution >= 4 is 17.8 Å². The summed E-state index contributed by atoms with van der Waals surface area (Å²) in [6.07, 6.45) is 3.97. The Balaban J connectivity index is 3.43. The quantitative estimate of drug-likeness (QED) is 0.214. The number of hydrogen-bond donors (Lipinski definition) is 1. The number of rotatable bonds is 3. The van der Waals surface area contributed by atoms with E-state index in [1.165, 1.54) is 6.21 Å². The number of allylic oxidation sites excluding steroid dienone is 2. The lowest BCUT2D eigenvalue weighted by Crippen LogP contribution is -1.77. The van der Waals surface area contributed by atoms with Crippen LogP contribution in [0.15, 0.2) is 16.8 Å². The minimum absolute atomic E-state index is 0.541. The van der Waals surface area contributed by atoms with Crippen LogP contribution in [0, 0.1) is 0 Å². The largest absolute Gasteiger partial charge is 0.411 e. The summed E-state index contributed by atoms with van der Waals surface area (Å²) in [5.41, 5.74) is 1.09. The predicted octanol–water partition coefficient (Wildman–Crippen LogP) is 2.02. The van der Waals surface area contributed by atoms with Gasteiger partial charge in [0.1, 0.15) is 0 Å². The zero-order valence-corrected chi connectivity index (χ0v) is 6.10. The number of nitrogens with zero attached hydrogens (tertiary/aromatic N) is 1. The molecule has 0 bridgehead atoms. The van der Waals surface area contributed by atoms with Gasteiger partial charge in [-0.1, -0.05) is 11.6 Å². The lowest BCUT2D eigenvalue weighted by molar-refractivity contribution is 0.321. The Hall–Kier alpha value is -0.500. The predicted molar refractivity (Wildman–Crippen MR) is 39.4 cm³/mol. The first-order chi connectivity index (χ1) is 4.31. The van der Waals surface area contributed by atoms with Crippen molar-refractivity contribution in [2.24, 2.45) is 5.16 Å². The molecule has 0 saturated carbocycles. The second kappa shape index (κ2) is 5.63. The molecule has 9 heavy (non-hydrogen) atoms. The average molecular weight is 148 g/mol. The van der Waals surface area contributed by atoms with Gasteiger partial charge in [0.25, 0.3) is 0 Å². The summed E-state index contributed by atoms with van der Waals surface area (Å²) in [6, 6.07) is 0. The van der Waals surface area contributed by atoms with Gasteiger partial charge in [-0.3, -0.25) is 0 Å². The van der Waals surface area contributed by atoms with E-state index in [-0.39, 0.29) is 0 Å². The SMILES string of the molecule is CC(=CCC=NO)CCl. The lowest BCUT2D eigenvalue weighted by Gasteiger charge is -1.87. The molecule has 2 nitrogen and oxygen atoms in total. The molecule has 0 aromatic heterocycles. The Morgan fingerprint density at radius 1 is 1.78 bits per heavy atom. The van der Waals surface area contributed by atoms with Crippen molar-refractivity contribution in [3.8, 4) is 0 Å². The van der Waals surface area contributed by atoms with Gasteiger partial charge >= 0.3 is 0 Å². The van der Waals surface area contributed by atoms with Crippen molar-refractivity contribution in [1.82, 2.24) is 0 Å². The Bertz CT molecular complexity index is 120. The average Bonchev–Trinajstić information content (AvgIpc) is 1.89. The van der Waals surface area contributed by atoms with Crippen molar-refractivity contribution in [3.63, 3.8) is 0 Å². The Morgan fingerprint density at radius 2 is 2.44 bits per heavy atom. The van der Waals surface area contributed by atoms with Gasteiger partial charge in [-0.15, -0.1) is 16.8 Å². The molecule has 0 aliphatic carbocycles. The van der Waals surface area contributed by atoms with E-state index in [0.717, 1.165) is 5.57 Å². The molecule has 0 aromatic rings. The summed E-state index contributed by atoms with van der Waals surface area (Å²) in [5, 5.41) is 10.8. The fourth-order valence-electron chi connectivity index (χ4n) is 0.356. The zero-order valence-electron chi connectivity index (χ0n) is 5.34. The highest BCUT2D eigenvalue weighted by Crippen LogP contribution is 1.95. The maximum Gasteiger partial charge on any atom is 0.0473 e. The molecule has 1 N–H and O–H groups in total. The van der Waals surface area contributed by atoms with Gasteiger partial charge < -0.3 is 5.21 Å². The van der Waals surface area contributed by atoms with Gasteiger partial charge in [0.2, 0.25) is 0 Å². The van der Waals surface area contributed by atoms with Crippen molar-refractivity contribution in [1.29, 1.82) is 0 Å². The number of hydrogen-bond acceptors (Lipinski definition) is 2. The second-order valence-corrected chi connectivity index (χ2v) is 1.99. The standard InChI is InChI=1S/C6H10ClNO/c1-6(5-7)3-2-4-8-9/h3-4,9H,2,5H2,1H3. The topological polar surface area (TPSA) is 32.6 Å². The van der Waals surface area contributed by atoms with Crippen LogP contribution in [0.1, 0.15) is 13.3 Å². The highest BCUT2D eigenvalue weighted by molar-refractivity contribution is 6.19. The van der Waals surface area contributed by atoms with Crippen LogP contribution in [-0.4, -0.2) is 17.3 Å². The van der Waals surface area contributed by atoms with Crippen LogP contribution in [0.4, 0.5) is 0 Å². The van der Waals surface area contributed by atoms with Gasteiger partial charge in [0, 0.05) is 18.5 Å². The molecule has 0 saturated heterocycles. The van der Waals surface area contributed by atoms with Crippen LogP contribution in [0.2, 0.25) is 0 Å². The molecular weight excluding hydrogens is 138 g/mol. The molecule has 3 heteroatoms. The van der Waals surface area contributed by atoms with Crippen LogP contribution < -0.4 is 0 Å². The third kappa shape index (κ3) is 5.37. The molecular formula is C6H10ClNO. The summed E-state index contributed by atoms with van der Waals surface area (Å²) < 4.78 is 0. The highest BCUT2D eigenvalue weighted by Gasteiger charge is 1.81. The molecule has 0 spiro atoms. The van der Waals surface area contributed by atoms with Crippen LogP contribution in [-0.2, 0) is 0 Å². The van der Waals surface area contributed by atoms with Crippen LogP contribution in [0.25, 0.3) is 0 Å². The summed E-state index contributed by atoms with van der Waals surface area (Å²) >= 11 is 5.46. The first-order valence-corrected chi connectivity index (χ1v) is 3.22. The highest BCUT2D eigenvalue weighted by atomic mass is 35.5. The molecule has 0 atom stereocenters. The van der Waals surface area contributed by atoms with Crippen LogP contribution >= 0.6 is 11.6 Å². The molecule has 0 radical (unpaired) electrons. The molecule has 0 unspecified atom stereocenters. The maximum atomic E-state index is 7.96. The van der Waals surface area contributed by atoms with Crippen molar-refractivity contribution in [2.75, 3.05) is 5.88 Å². The van der Waals surface area contributed by atoms with E-state index in [1.54, 1.807) is 0 Å². The lowest BCUT2D eigenvalue weighted by atomic mass is 10.3. The monoisotopic (exact) mass is 147 g/mol. The zero-order chi connectivity index (χ0) is 7.11. The molecule has 0 amide bonds. The van der Waals surface area contributed by atoms with Gasteiger partial charge in [0.05, 0.1) is 0 Å². The van der Waals surface area contributed by atoms with Gasteiger partial charge in [-0.25, -0.2) is 0 Å². The minimum atomic E-state index is 0.541. The number of oxime groups is 1. The fourth-order valence-corrected chi connectivity index (χ4v) is 0.465. The second-order valence-electron chi connectivity index (χ2n) is 1.72. The third-order valence-electron chi connectivity index (χ3n) is 0.864. The van der Waals surface area contributed by atoms with E-state index in [4.69, 9.17) is 16.8 Å². The number of alkyl halides is 1. The van der Waals surface area contributed by atoms with Crippen molar-refractivity contribution in [3.05, 3.63) is 11.6 Å². The smallest absolute Gasteiger partial charge is 0.0473 e. The van der Waals surface area contributed by atoms with Gasteiger partial charge in [-0.05, 0) is 6.92 Å². The summed E-state index contributed by atoms with van der Waals surface area (Å²) in [5.74, 6) is 0.541. The van der Waals surface area contributed by atoms with Crippen molar-refractivity contribution in [2.45, 2.75) is 13.3 Å². The van der Waals surface area contributed by atoms with E-state index in [9.17, 15) is 0 Å². The summed E-state index contributed by atoms with van der Waals surface area (Å²) in [4.78, 5) is 0. The summed E-state index contributed by atoms with van der Waals surface area (Å²) in [6.45, 7) is 1.93. The molecule has 0 aromatic carbocycles. The first kappa shape index (κ1) is 8.50. The number of halogens is 1. The van der Waals surface area contributed by atoms with E-state index in [2.05, 4.69) is 5.16 Å². The molecule has 0 fully saturated rings. The first-order valence-electron chi connectivity index (χ1n) is 2.68.